The van der Waals surface area contributed by atoms with E-state index in [-0.39, 0.29) is 5.69 Å². The molecule has 0 fully saturated rings. The van der Waals surface area contributed by atoms with Crippen LogP contribution in [0.1, 0.15) is 17.3 Å². The third kappa shape index (κ3) is 2.05. The summed E-state index contributed by atoms with van der Waals surface area (Å²) in [7, 11) is 0. The zero-order valence-corrected chi connectivity index (χ0v) is 9.16. The Kier molecular flexibility index (Phi) is 3.17. The van der Waals surface area contributed by atoms with Crippen molar-refractivity contribution in [3.8, 4) is 0 Å². The van der Waals surface area contributed by atoms with E-state index >= 15 is 0 Å². The highest BCUT2D eigenvalue weighted by atomic mass is 35.5. The van der Waals surface area contributed by atoms with E-state index in [0.717, 1.165) is 0 Å². The molecule has 0 saturated heterocycles. The molecule has 0 aliphatic carbocycles. The largest absolute Gasteiger partial charge is 0.319 e. The summed E-state index contributed by atoms with van der Waals surface area (Å²) in [5.41, 5.74) is 6.80. The number of hydrogen-bond donors (Lipinski definition) is 1. The second-order valence-corrected chi connectivity index (χ2v) is 3.78. The van der Waals surface area contributed by atoms with Crippen molar-refractivity contribution in [3.63, 3.8) is 0 Å². The molecule has 0 saturated carbocycles. The van der Waals surface area contributed by atoms with E-state index in [4.69, 9.17) is 17.3 Å². The number of aromatic nitrogens is 1. The molecule has 0 aliphatic heterocycles. The highest BCUT2D eigenvalue weighted by Gasteiger charge is 2.16. The van der Waals surface area contributed by atoms with E-state index in [9.17, 15) is 4.39 Å². The van der Waals surface area contributed by atoms with Gasteiger partial charge in [0.25, 0.3) is 0 Å². The van der Waals surface area contributed by atoms with Crippen LogP contribution in [-0.2, 0) is 0 Å². The number of benzene rings is 1. The lowest BCUT2D eigenvalue weighted by Crippen LogP contribution is -2.15. The van der Waals surface area contributed by atoms with Crippen LogP contribution < -0.4 is 5.73 Å². The third-order valence-electron chi connectivity index (χ3n) is 2.32. The minimum absolute atomic E-state index is 0.204. The molecule has 1 aromatic heterocycles. The number of rotatable bonds is 2. The van der Waals surface area contributed by atoms with Crippen LogP contribution in [0.3, 0.4) is 0 Å². The summed E-state index contributed by atoms with van der Waals surface area (Å²) in [6, 6.07) is 9.31. The van der Waals surface area contributed by atoms with E-state index in [1.54, 1.807) is 18.2 Å². The summed E-state index contributed by atoms with van der Waals surface area (Å²) >= 11 is 5.99. The first-order chi connectivity index (χ1) is 7.70. The average molecular weight is 237 g/mol. The van der Waals surface area contributed by atoms with Gasteiger partial charge in [0.2, 0.25) is 0 Å². The standard InChI is InChI=1S/C12H10ClFN2/c13-9-5-2-1-4-8(9)11(15)12-10(14)6-3-7-16-12/h1-7,11H,15H2. The van der Waals surface area contributed by atoms with Crippen LogP contribution in [-0.4, -0.2) is 4.98 Å². The summed E-state index contributed by atoms with van der Waals surface area (Å²) in [4.78, 5) is 3.94. The Balaban J connectivity index is 2.44. The molecule has 0 spiro atoms. The van der Waals surface area contributed by atoms with Crippen LogP contribution in [0, 0.1) is 5.82 Å². The third-order valence-corrected chi connectivity index (χ3v) is 2.67. The van der Waals surface area contributed by atoms with Crippen molar-refractivity contribution in [1.29, 1.82) is 0 Å². The molecule has 1 unspecified atom stereocenters. The SMILES string of the molecule is NC(c1ccccc1Cl)c1ncccc1F. The van der Waals surface area contributed by atoms with Gasteiger partial charge in [-0.05, 0) is 23.8 Å². The van der Waals surface area contributed by atoms with Gasteiger partial charge in [0.15, 0.2) is 0 Å². The lowest BCUT2D eigenvalue weighted by Gasteiger charge is -2.13. The van der Waals surface area contributed by atoms with E-state index in [1.165, 1.54) is 18.3 Å². The van der Waals surface area contributed by atoms with Gasteiger partial charge < -0.3 is 5.73 Å². The average Bonchev–Trinajstić information content (AvgIpc) is 2.29. The Hall–Kier alpha value is -1.45. The van der Waals surface area contributed by atoms with Gasteiger partial charge in [-0.1, -0.05) is 29.8 Å². The van der Waals surface area contributed by atoms with Gasteiger partial charge in [0.1, 0.15) is 5.82 Å². The Bertz CT molecular complexity index is 456. The summed E-state index contributed by atoms with van der Waals surface area (Å²) in [6.07, 6.45) is 1.51. The van der Waals surface area contributed by atoms with Crippen LogP contribution in [0.5, 0.6) is 0 Å². The summed E-state index contributed by atoms with van der Waals surface area (Å²) in [5, 5.41) is 0.514. The number of hydrogen-bond acceptors (Lipinski definition) is 2. The smallest absolute Gasteiger partial charge is 0.146 e. The molecule has 16 heavy (non-hydrogen) atoms. The molecule has 1 atom stereocenters. The van der Waals surface area contributed by atoms with Gasteiger partial charge in [0.05, 0.1) is 11.7 Å². The van der Waals surface area contributed by atoms with Gasteiger partial charge in [-0.15, -0.1) is 0 Å². The molecule has 0 aliphatic rings. The molecule has 2 rings (SSSR count). The number of nitrogens with zero attached hydrogens (tertiary/aromatic N) is 1. The lowest BCUT2D eigenvalue weighted by molar-refractivity contribution is 0.586. The molecule has 2 N–H and O–H groups in total. The first-order valence-electron chi connectivity index (χ1n) is 4.80. The Morgan fingerprint density at radius 2 is 1.94 bits per heavy atom. The number of nitrogens with two attached hydrogens (primary N) is 1. The quantitative estimate of drug-likeness (QED) is 0.871. The molecule has 2 aromatic rings. The van der Waals surface area contributed by atoms with Crippen LogP contribution in [0.4, 0.5) is 4.39 Å². The van der Waals surface area contributed by atoms with Crippen LogP contribution in [0.15, 0.2) is 42.6 Å². The summed E-state index contributed by atoms with van der Waals surface area (Å²) in [6.45, 7) is 0. The first-order valence-corrected chi connectivity index (χ1v) is 5.18. The number of halogens is 2. The monoisotopic (exact) mass is 236 g/mol. The molecule has 0 amide bonds. The predicted molar refractivity (Wildman–Crippen MR) is 61.7 cm³/mol. The van der Waals surface area contributed by atoms with Crippen molar-refractivity contribution in [3.05, 3.63) is 64.7 Å². The highest BCUT2D eigenvalue weighted by Crippen LogP contribution is 2.26. The molecule has 0 bridgehead atoms. The number of pyridine rings is 1. The van der Waals surface area contributed by atoms with Crippen molar-refractivity contribution in [2.75, 3.05) is 0 Å². The topological polar surface area (TPSA) is 38.9 Å². The van der Waals surface area contributed by atoms with Gasteiger partial charge in [-0.2, -0.15) is 0 Å². The fraction of sp³-hybridized carbons (Fsp3) is 0.0833. The Labute approximate surface area is 97.9 Å². The molecule has 82 valence electrons. The van der Waals surface area contributed by atoms with E-state index < -0.39 is 11.9 Å². The van der Waals surface area contributed by atoms with Crippen molar-refractivity contribution in [2.24, 2.45) is 5.73 Å². The fourth-order valence-corrected chi connectivity index (χ4v) is 1.75. The van der Waals surface area contributed by atoms with Crippen molar-refractivity contribution in [2.45, 2.75) is 6.04 Å². The maximum Gasteiger partial charge on any atom is 0.146 e. The second kappa shape index (κ2) is 4.60. The van der Waals surface area contributed by atoms with Crippen molar-refractivity contribution >= 4 is 11.6 Å². The van der Waals surface area contributed by atoms with Gasteiger partial charge >= 0.3 is 0 Å². The van der Waals surface area contributed by atoms with E-state index in [2.05, 4.69) is 4.98 Å². The minimum Gasteiger partial charge on any atom is -0.319 e. The first kappa shape index (κ1) is 11.0. The summed E-state index contributed by atoms with van der Waals surface area (Å²) in [5.74, 6) is -0.421. The van der Waals surface area contributed by atoms with Gasteiger partial charge in [0, 0.05) is 11.2 Å². The normalized spacial score (nSPS) is 12.4. The Morgan fingerprint density at radius 1 is 1.19 bits per heavy atom. The highest BCUT2D eigenvalue weighted by molar-refractivity contribution is 6.31. The second-order valence-electron chi connectivity index (χ2n) is 3.37. The fourth-order valence-electron chi connectivity index (χ4n) is 1.50. The molecule has 4 heteroatoms. The lowest BCUT2D eigenvalue weighted by atomic mass is 10.0. The maximum absolute atomic E-state index is 13.5. The van der Waals surface area contributed by atoms with Gasteiger partial charge in [-0.25, -0.2) is 4.39 Å². The van der Waals surface area contributed by atoms with E-state index in [0.29, 0.717) is 10.6 Å². The van der Waals surface area contributed by atoms with E-state index in [1.807, 2.05) is 6.07 Å². The molecular formula is C12H10ClFN2. The zero-order chi connectivity index (χ0) is 11.5. The Morgan fingerprint density at radius 3 is 2.62 bits per heavy atom. The molecule has 1 aromatic carbocycles. The van der Waals surface area contributed by atoms with Gasteiger partial charge in [-0.3, -0.25) is 4.98 Å². The van der Waals surface area contributed by atoms with Crippen LogP contribution in [0.2, 0.25) is 5.02 Å². The minimum atomic E-state index is -0.644. The van der Waals surface area contributed by atoms with Crippen molar-refractivity contribution < 1.29 is 4.39 Å². The molecule has 1 heterocycles. The molecular weight excluding hydrogens is 227 g/mol. The van der Waals surface area contributed by atoms with Crippen molar-refractivity contribution in [1.82, 2.24) is 4.98 Å². The predicted octanol–water partition coefficient (Wildman–Crippen LogP) is 2.92. The van der Waals surface area contributed by atoms with Crippen LogP contribution in [0.25, 0.3) is 0 Å². The van der Waals surface area contributed by atoms with Crippen LogP contribution >= 0.6 is 11.6 Å². The summed E-state index contributed by atoms with van der Waals surface area (Å²) < 4.78 is 13.5. The molecule has 0 radical (unpaired) electrons. The molecule has 2 nitrogen and oxygen atoms in total. The maximum atomic E-state index is 13.5. The zero-order valence-electron chi connectivity index (χ0n) is 8.40.